The fourth-order valence-corrected chi connectivity index (χ4v) is 8.62. The number of rotatable bonds is 10. The highest BCUT2D eigenvalue weighted by molar-refractivity contribution is 6.22. The minimum atomic E-state index is 0.760. The molecule has 1 heterocycles. The van der Waals surface area contributed by atoms with E-state index >= 15 is 0 Å². The van der Waals surface area contributed by atoms with Crippen LogP contribution in [-0.2, 0) is 0 Å². The predicted octanol–water partition coefficient (Wildman–Crippen LogP) is 15.3. The molecule has 8 aromatic carbocycles. The molecule has 0 saturated heterocycles. The first kappa shape index (κ1) is 36.2. The highest BCUT2D eigenvalue weighted by atomic mass is 15.0. The Bertz CT molecular complexity index is 3050. The molecule has 58 heavy (non-hydrogen) atoms. The number of fused-ring (bicyclic) bond motifs is 3. The summed E-state index contributed by atoms with van der Waals surface area (Å²) in [6.07, 6.45) is 13.2. The molecule has 0 bridgehead atoms. The molecule has 2 heteroatoms. The van der Waals surface area contributed by atoms with Crippen LogP contribution in [0.15, 0.2) is 218 Å². The molecule has 0 atom stereocenters. The Labute approximate surface area is 340 Å². The van der Waals surface area contributed by atoms with E-state index in [1.54, 1.807) is 0 Å². The number of nitrogen functional groups attached to an aromatic ring is 1. The van der Waals surface area contributed by atoms with Crippen molar-refractivity contribution in [2.45, 2.75) is 13.3 Å². The van der Waals surface area contributed by atoms with E-state index < -0.39 is 0 Å². The van der Waals surface area contributed by atoms with E-state index in [0.717, 1.165) is 56.6 Å². The van der Waals surface area contributed by atoms with Crippen LogP contribution in [0.4, 0.5) is 5.69 Å². The predicted molar refractivity (Wildman–Crippen MR) is 251 cm³/mol. The van der Waals surface area contributed by atoms with Crippen molar-refractivity contribution in [2.24, 2.45) is 0 Å². The maximum atomic E-state index is 7.01. The quantitative estimate of drug-likeness (QED) is 0.110. The van der Waals surface area contributed by atoms with Gasteiger partial charge in [0.25, 0.3) is 0 Å². The molecule has 0 radical (unpaired) electrons. The van der Waals surface area contributed by atoms with Crippen molar-refractivity contribution in [3.05, 3.63) is 224 Å². The third kappa shape index (κ3) is 6.55. The van der Waals surface area contributed by atoms with Gasteiger partial charge in [0.1, 0.15) is 0 Å². The molecule has 278 valence electrons. The average Bonchev–Trinajstić information content (AvgIpc) is 3.56. The van der Waals surface area contributed by atoms with Gasteiger partial charge in [0.2, 0.25) is 0 Å². The zero-order valence-electron chi connectivity index (χ0n) is 32.6. The lowest BCUT2D eigenvalue weighted by Crippen LogP contribution is -2.01. The van der Waals surface area contributed by atoms with Gasteiger partial charge >= 0.3 is 0 Å². The van der Waals surface area contributed by atoms with Gasteiger partial charge in [0.05, 0.1) is 22.6 Å². The molecule has 0 spiro atoms. The van der Waals surface area contributed by atoms with Crippen LogP contribution in [0.1, 0.15) is 19.0 Å². The zero-order valence-corrected chi connectivity index (χ0v) is 32.6. The minimum Gasteiger partial charge on any atom is -0.396 e. The van der Waals surface area contributed by atoms with E-state index in [1.165, 1.54) is 49.4 Å². The third-order valence-corrected chi connectivity index (χ3v) is 11.1. The minimum absolute atomic E-state index is 0.760. The van der Waals surface area contributed by atoms with E-state index in [1.807, 2.05) is 13.0 Å². The Morgan fingerprint density at radius 1 is 0.552 bits per heavy atom. The van der Waals surface area contributed by atoms with Gasteiger partial charge in [0.15, 0.2) is 0 Å². The summed E-state index contributed by atoms with van der Waals surface area (Å²) >= 11 is 0. The Kier molecular flexibility index (Phi) is 9.98. The number of hydrogen-bond acceptors (Lipinski definition) is 1. The second kappa shape index (κ2) is 16.0. The second-order valence-electron chi connectivity index (χ2n) is 14.6. The SMILES string of the molecule is C=C/C=C(\C=C/C)C/C=C\c1c(N)c2ccccc2n1-c1ccccc1-c1ccccc1-c1ccc2c(-c3ccccc3)c3ccccc3c(-c3ccccc3)c2c1. The number of nitrogens with two attached hydrogens (primary N) is 1. The van der Waals surface area contributed by atoms with Crippen LogP contribution < -0.4 is 5.73 Å². The van der Waals surface area contributed by atoms with E-state index in [-0.39, 0.29) is 0 Å². The maximum absolute atomic E-state index is 7.01. The molecule has 0 aliphatic carbocycles. The molecule has 1 aromatic heterocycles. The molecular weight excluding hydrogens is 701 g/mol. The summed E-state index contributed by atoms with van der Waals surface area (Å²) in [6, 6.07) is 63.5. The summed E-state index contributed by atoms with van der Waals surface area (Å²) in [5, 5.41) is 5.98. The fourth-order valence-electron chi connectivity index (χ4n) is 8.62. The van der Waals surface area contributed by atoms with E-state index in [2.05, 4.69) is 217 Å². The van der Waals surface area contributed by atoms with E-state index in [4.69, 9.17) is 5.73 Å². The molecule has 2 nitrogen and oxygen atoms in total. The van der Waals surface area contributed by atoms with Crippen molar-refractivity contribution < 1.29 is 0 Å². The normalized spacial score (nSPS) is 12.1. The zero-order chi connectivity index (χ0) is 39.4. The summed E-state index contributed by atoms with van der Waals surface area (Å²) in [5.74, 6) is 0. The summed E-state index contributed by atoms with van der Waals surface area (Å²) in [5.41, 5.74) is 21.6. The number of nitrogens with zero attached hydrogens (tertiary/aromatic N) is 1. The summed E-state index contributed by atoms with van der Waals surface area (Å²) in [4.78, 5) is 0. The van der Waals surface area contributed by atoms with Crippen LogP contribution in [-0.4, -0.2) is 4.57 Å². The highest BCUT2D eigenvalue weighted by Gasteiger charge is 2.21. The van der Waals surface area contributed by atoms with Gasteiger partial charge in [0, 0.05) is 10.9 Å². The van der Waals surface area contributed by atoms with Crippen molar-refractivity contribution in [1.82, 2.24) is 4.57 Å². The molecule has 2 N–H and O–H groups in total. The van der Waals surface area contributed by atoms with Crippen molar-refractivity contribution in [3.8, 4) is 50.2 Å². The van der Waals surface area contributed by atoms with Crippen LogP contribution in [0, 0.1) is 0 Å². The van der Waals surface area contributed by atoms with Crippen molar-refractivity contribution >= 4 is 44.2 Å². The molecule has 0 unspecified atom stereocenters. The lowest BCUT2D eigenvalue weighted by Gasteiger charge is -2.20. The molecule has 0 aliphatic heterocycles. The third-order valence-electron chi connectivity index (χ3n) is 11.1. The highest BCUT2D eigenvalue weighted by Crippen LogP contribution is 2.46. The van der Waals surface area contributed by atoms with Crippen LogP contribution in [0.2, 0.25) is 0 Å². The Balaban J connectivity index is 1.27. The first-order valence-electron chi connectivity index (χ1n) is 19.9. The largest absolute Gasteiger partial charge is 0.396 e. The van der Waals surface area contributed by atoms with E-state index in [9.17, 15) is 0 Å². The lowest BCUT2D eigenvalue weighted by molar-refractivity contribution is 1.11. The van der Waals surface area contributed by atoms with Crippen LogP contribution >= 0.6 is 0 Å². The Morgan fingerprint density at radius 3 is 1.78 bits per heavy atom. The maximum Gasteiger partial charge on any atom is 0.0695 e. The number of hydrogen-bond donors (Lipinski definition) is 1. The first-order chi connectivity index (χ1) is 28.7. The first-order valence-corrected chi connectivity index (χ1v) is 19.9. The topological polar surface area (TPSA) is 30.9 Å². The average molecular weight is 745 g/mol. The molecule has 0 saturated carbocycles. The van der Waals surface area contributed by atoms with Gasteiger partial charge in [-0.25, -0.2) is 0 Å². The van der Waals surface area contributed by atoms with Gasteiger partial charge in [-0.05, 0) is 104 Å². The van der Waals surface area contributed by atoms with Gasteiger partial charge in [-0.3, -0.25) is 0 Å². The van der Waals surface area contributed by atoms with Gasteiger partial charge in [-0.15, -0.1) is 0 Å². The summed E-state index contributed by atoms with van der Waals surface area (Å²) in [6.45, 7) is 5.95. The fraction of sp³-hybridized carbons (Fsp3) is 0.0357. The molecule has 9 rings (SSSR count). The Hall–Kier alpha value is -7.42. The lowest BCUT2D eigenvalue weighted by atomic mass is 9.84. The van der Waals surface area contributed by atoms with Crippen LogP contribution in [0.3, 0.4) is 0 Å². The van der Waals surface area contributed by atoms with Crippen molar-refractivity contribution in [3.63, 3.8) is 0 Å². The van der Waals surface area contributed by atoms with Crippen molar-refractivity contribution in [1.29, 1.82) is 0 Å². The Morgan fingerprint density at radius 2 is 1.10 bits per heavy atom. The number of benzene rings is 8. The molecule has 0 aliphatic rings. The number of para-hydroxylation sites is 2. The monoisotopic (exact) mass is 744 g/mol. The second-order valence-corrected chi connectivity index (χ2v) is 14.6. The van der Waals surface area contributed by atoms with Gasteiger partial charge in [-0.2, -0.15) is 0 Å². The van der Waals surface area contributed by atoms with Gasteiger partial charge in [-0.1, -0.05) is 195 Å². The van der Waals surface area contributed by atoms with Gasteiger partial charge < -0.3 is 10.3 Å². The van der Waals surface area contributed by atoms with E-state index in [0.29, 0.717) is 0 Å². The molecule has 0 fully saturated rings. The molecule has 0 amide bonds. The molecule has 9 aromatic rings. The van der Waals surface area contributed by atoms with Crippen LogP contribution in [0.5, 0.6) is 0 Å². The summed E-state index contributed by atoms with van der Waals surface area (Å²) in [7, 11) is 0. The summed E-state index contributed by atoms with van der Waals surface area (Å²) < 4.78 is 2.33. The smallest absolute Gasteiger partial charge is 0.0695 e. The van der Waals surface area contributed by atoms with Crippen molar-refractivity contribution in [2.75, 3.05) is 5.73 Å². The molecular formula is C56H44N2. The number of allylic oxidation sites excluding steroid dienone is 6. The number of anilines is 1. The standard InChI is InChI=1S/C56H44N2/c1-3-20-39(21-4-2)22-19-35-53-56(57)49-32-16-18-34-52(49)58(53)51-33-17-15-29-45(51)44-28-12-11-27-43(44)42-36-37-48-50(38-42)55(41-25-9-6-10-26-41)47-31-14-13-30-46(47)54(48)40-23-7-5-8-24-40/h3-21,23-38H,1,22,57H2,2H3/b21-4-,35-19-,39-20+. The number of aromatic nitrogens is 1. The van der Waals surface area contributed by atoms with Crippen LogP contribution in [0.25, 0.3) is 88.7 Å².